The van der Waals surface area contributed by atoms with Gasteiger partial charge in [-0.3, -0.25) is 0 Å². The van der Waals surface area contributed by atoms with Crippen molar-refractivity contribution >= 4 is 243 Å². The number of benzene rings is 22. The summed E-state index contributed by atoms with van der Waals surface area (Å²) in [6.45, 7) is 8.39. The molecule has 662 valence electrons. The number of furan rings is 6. The number of fused-ring (bicyclic) bond motifs is 26. The van der Waals surface area contributed by atoms with Gasteiger partial charge in [-0.05, 0) is 223 Å². The fourth-order valence-corrected chi connectivity index (χ4v) is 22.2. The number of anilines is 12. The van der Waals surface area contributed by atoms with Gasteiger partial charge in [0, 0.05) is 130 Å². The Labute approximate surface area is 800 Å². The second-order valence-corrected chi connectivity index (χ2v) is 36.9. The maximum Gasteiger partial charge on any atom is 0.159 e. The lowest BCUT2D eigenvalue weighted by Crippen LogP contribution is -2.11. The lowest BCUT2D eigenvalue weighted by Gasteiger charge is -2.28. The molecule has 10 nitrogen and oxygen atoms in total. The van der Waals surface area contributed by atoms with E-state index in [1.807, 2.05) is 36.4 Å². The highest BCUT2D eigenvalue weighted by Crippen LogP contribution is 2.57. The molecule has 28 rings (SSSR count). The Balaban J connectivity index is 0.659. The van der Waals surface area contributed by atoms with E-state index >= 15 is 8.78 Å². The standard InChI is InChI=1S/C128H80F2N4O6/c1-73-24-17-37-96-99-40-20-44-109(125(99)135-117(73)96)131(85-57-48-79(49-58-85)77-27-7-5-8-28-77)113-69-105-106-70-114(90-32-12-15-35-94(90)122(106)139-121(105)93-34-14-11-31-89(93)113)132(86-59-50-80(51-60-86)78-29-9-6-10-30-78)112-47-23-43-102-104-68-82(66-76(4)120(104)138-128(102)112)81-52-65-92-103(67-81)124-108(72-116(92)134(88-63-55-84(130)56-64-88)111-46-22-42-101-98-39-19-26-75(3)119(98)137-127(101)111)107-71-115(91-33-13-16-36-95(91)123(107)140-124)133(87-61-53-83(129)54-62-87)110-45-21-41-100-97-38-18-25-74(2)118(97)136-126(100)110/h5-72H,1-4H3. The Bertz CT molecular complexity index is 10100. The molecule has 28 aromatic rings. The number of nitrogens with zero attached hydrogens (tertiary/aromatic N) is 4. The predicted octanol–water partition coefficient (Wildman–Crippen LogP) is 38.1. The van der Waals surface area contributed by atoms with E-state index in [1.54, 1.807) is 0 Å². The number of aryl methyl sites for hydroxylation is 4. The largest absolute Gasteiger partial charge is 0.455 e. The molecule has 0 saturated heterocycles. The van der Waals surface area contributed by atoms with Crippen molar-refractivity contribution in [3.63, 3.8) is 0 Å². The minimum Gasteiger partial charge on any atom is -0.455 e. The van der Waals surface area contributed by atoms with Gasteiger partial charge in [-0.2, -0.15) is 0 Å². The van der Waals surface area contributed by atoms with Gasteiger partial charge in [0.2, 0.25) is 0 Å². The van der Waals surface area contributed by atoms with E-state index < -0.39 is 0 Å². The molecule has 0 N–H and O–H groups in total. The van der Waals surface area contributed by atoms with Crippen LogP contribution in [0.15, 0.2) is 439 Å². The molecule has 6 heterocycles. The van der Waals surface area contributed by atoms with Gasteiger partial charge >= 0.3 is 0 Å². The first-order chi connectivity index (χ1) is 68.9. The second-order valence-electron chi connectivity index (χ2n) is 36.9. The molecule has 0 radical (unpaired) electrons. The highest BCUT2D eigenvalue weighted by atomic mass is 19.1. The van der Waals surface area contributed by atoms with Crippen molar-refractivity contribution in [2.24, 2.45) is 0 Å². The molecule has 12 heteroatoms. The second kappa shape index (κ2) is 31.2. The van der Waals surface area contributed by atoms with Crippen LogP contribution in [-0.2, 0) is 0 Å². The van der Waals surface area contributed by atoms with E-state index in [-0.39, 0.29) is 11.6 Å². The average Bonchev–Trinajstić information content (AvgIpc) is 1.54. The molecule has 0 unspecified atom stereocenters. The molecule has 0 spiro atoms. The molecule has 140 heavy (non-hydrogen) atoms. The van der Waals surface area contributed by atoms with Crippen LogP contribution in [0.5, 0.6) is 0 Å². The maximum absolute atomic E-state index is 15.8. The molecule has 0 bridgehead atoms. The first-order valence-corrected chi connectivity index (χ1v) is 47.3. The highest BCUT2D eigenvalue weighted by molar-refractivity contribution is 6.30. The molecule has 0 amide bonds. The van der Waals surface area contributed by atoms with Crippen LogP contribution in [0.25, 0.3) is 208 Å². The highest BCUT2D eigenvalue weighted by Gasteiger charge is 2.33. The van der Waals surface area contributed by atoms with Crippen molar-refractivity contribution in [1.29, 1.82) is 0 Å². The van der Waals surface area contributed by atoms with Crippen molar-refractivity contribution in [1.82, 2.24) is 0 Å². The normalized spacial score (nSPS) is 12.1. The Morgan fingerprint density at radius 2 is 0.364 bits per heavy atom. The third kappa shape index (κ3) is 12.3. The lowest BCUT2D eigenvalue weighted by molar-refractivity contribution is 0.627. The van der Waals surface area contributed by atoms with Crippen LogP contribution < -0.4 is 19.6 Å². The first-order valence-electron chi connectivity index (χ1n) is 47.3. The number of rotatable bonds is 15. The smallest absolute Gasteiger partial charge is 0.159 e. The molecule has 22 aromatic carbocycles. The molecule has 0 aliphatic rings. The van der Waals surface area contributed by atoms with E-state index in [1.165, 1.54) is 24.3 Å². The van der Waals surface area contributed by atoms with Gasteiger partial charge in [0.25, 0.3) is 0 Å². The summed E-state index contributed by atoms with van der Waals surface area (Å²) in [7, 11) is 0. The van der Waals surface area contributed by atoms with Gasteiger partial charge in [0.15, 0.2) is 22.3 Å². The zero-order valence-corrected chi connectivity index (χ0v) is 76.3. The summed E-state index contributed by atoms with van der Waals surface area (Å²) in [4.78, 5) is 9.14. The van der Waals surface area contributed by atoms with Gasteiger partial charge in [-0.1, -0.05) is 273 Å². The summed E-state index contributed by atoms with van der Waals surface area (Å²) < 4.78 is 75.3. The summed E-state index contributed by atoms with van der Waals surface area (Å²) in [5, 5.41) is 18.6. The Kier molecular flexibility index (Phi) is 17.8. The number of para-hydroxylation sites is 7. The molecule has 0 aliphatic carbocycles. The molecular formula is C128H80F2N4O6. The fraction of sp³-hybridized carbons (Fsp3) is 0.0312. The monoisotopic (exact) mass is 1810 g/mol. The topological polar surface area (TPSA) is 91.8 Å². The van der Waals surface area contributed by atoms with Gasteiger partial charge in [-0.25, -0.2) is 8.78 Å². The summed E-state index contributed by atoms with van der Waals surface area (Å²) in [6, 6.07) is 142. The minimum absolute atomic E-state index is 0.360. The zero-order chi connectivity index (χ0) is 93.0. The molecule has 0 atom stereocenters. The first kappa shape index (κ1) is 80.2. The van der Waals surface area contributed by atoms with Crippen LogP contribution in [0.2, 0.25) is 0 Å². The van der Waals surface area contributed by atoms with Crippen LogP contribution in [0.1, 0.15) is 22.3 Å². The van der Waals surface area contributed by atoms with Gasteiger partial charge < -0.3 is 46.1 Å². The minimum atomic E-state index is -0.371. The van der Waals surface area contributed by atoms with Crippen LogP contribution >= 0.6 is 0 Å². The molecule has 0 fully saturated rings. The van der Waals surface area contributed by atoms with Crippen molar-refractivity contribution < 1.29 is 35.3 Å². The summed E-state index contributed by atoms with van der Waals surface area (Å²) >= 11 is 0. The number of hydrogen-bond acceptors (Lipinski definition) is 10. The average molecular weight is 1810 g/mol. The Morgan fingerprint density at radius 3 is 0.707 bits per heavy atom. The maximum atomic E-state index is 15.8. The zero-order valence-electron chi connectivity index (χ0n) is 76.3. The van der Waals surface area contributed by atoms with Crippen molar-refractivity contribution in [3.05, 3.63) is 446 Å². The van der Waals surface area contributed by atoms with Gasteiger partial charge in [0.05, 0.1) is 45.5 Å². The summed E-state index contributed by atoms with van der Waals surface area (Å²) in [5.74, 6) is -0.731. The molecule has 6 aromatic heterocycles. The van der Waals surface area contributed by atoms with E-state index in [0.29, 0.717) is 33.6 Å². The van der Waals surface area contributed by atoms with Crippen molar-refractivity contribution in [2.75, 3.05) is 19.6 Å². The Hall–Kier alpha value is -18.3. The van der Waals surface area contributed by atoms with Gasteiger partial charge in [-0.15, -0.1) is 0 Å². The van der Waals surface area contributed by atoms with Crippen LogP contribution in [-0.4, -0.2) is 0 Å². The van der Waals surface area contributed by atoms with E-state index in [9.17, 15) is 0 Å². The van der Waals surface area contributed by atoms with E-state index in [2.05, 4.69) is 399 Å². The van der Waals surface area contributed by atoms with E-state index in [0.717, 1.165) is 265 Å². The predicted molar refractivity (Wildman–Crippen MR) is 574 cm³/mol. The SMILES string of the molecule is Cc1cccc2c1oc1c(N(c3ccc(-c4ccccc4)cc3)c3cc4c5cc(N(c6ccc(-c7ccccc7)cc6)c6cccc7c6oc6c(C)cc(-c8ccc9c(N(c%10ccc(F)cc%10)c%10cccc%11c%10oc%10c(C)cccc%10%11)cc%10c%11cc(N(c%12ccc(F)cc%12)c%12cccc%13c%12oc%12c(C)cccc%12%13)c%12ccccc%12c%11oc%10c9c8)cc67)c6ccccc6c5oc4c4ccccc34)cccc12. The van der Waals surface area contributed by atoms with Crippen molar-refractivity contribution in [2.45, 2.75) is 27.7 Å². The molecule has 0 saturated carbocycles. The van der Waals surface area contributed by atoms with Crippen LogP contribution in [0.4, 0.5) is 77.0 Å². The molecule has 0 aliphatic heterocycles. The number of hydrogen-bond donors (Lipinski definition) is 0. The third-order valence-corrected chi connectivity index (χ3v) is 28.7. The lowest BCUT2D eigenvalue weighted by atomic mass is 9.95. The van der Waals surface area contributed by atoms with Crippen LogP contribution in [0, 0.1) is 39.3 Å². The van der Waals surface area contributed by atoms with Crippen molar-refractivity contribution in [3.8, 4) is 33.4 Å². The van der Waals surface area contributed by atoms with Crippen LogP contribution in [0.3, 0.4) is 0 Å². The third-order valence-electron chi connectivity index (χ3n) is 28.7. The van der Waals surface area contributed by atoms with E-state index in [4.69, 9.17) is 26.5 Å². The quantitative estimate of drug-likeness (QED) is 0.0988. The summed E-state index contributed by atoms with van der Waals surface area (Å²) in [5.41, 5.74) is 29.2. The number of halogens is 2. The Morgan fingerprint density at radius 1 is 0.143 bits per heavy atom. The van der Waals surface area contributed by atoms with Gasteiger partial charge in [0.1, 0.15) is 56.3 Å². The summed E-state index contributed by atoms with van der Waals surface area (Å²) in [6.07, 6.45) is 0. The fourth-order valence-electron chi connectivity index (χ4n) is 22.2. The molecular weight excluding hydrogens is 1730 g/mol.